The van der Waals surface area contributed by atoms with Gasteiger partial charge in [0.2, 0.25) is 0 Å². The summed E-state index contributed by atoms with van der Waals surface area (Å²) in [6.45, 7) is 3.96. The van der Waals surface area contributed by atoms with Gasteiger partial charge in [0.25, 0.3) is 5.56 Å². The number of hydrogen-bond donors (Lipinski definition) is 1. The van der Waals surface area contributed by atoms with Crippen LogP contribution < -0.4 is 11.2 Å². The number of aromatic nitrogens is 4. The average Bonchev–Trinajstić information content (AvgIpc) is 2.88. The van der Waals surface area contributed by atoms with Crippen molar-refractivity contribution < 1.29 is 9.53 Å². The number of ether oxygens (including phenoxy) is 1. The number of imidazole rings is 1. The van der Waals surface area contributed by atoms with E-state index in [9.17, 15) is 14.4 Å². The number of allylic oxidation sites excluding steroid dienone is 2. The second kappa shape index (κ2) is 6.86. The Kier molecular flexibility index (Phi) is 5.09. The van der Waals surface area contributed by atoms with Crippen molar-refractivity contribution in [1.29, 1.82) is 0 Å². The normalized spacial score (nSPS) is 12.9. The molecule has 0 unspecified atom stereocenters. The zero-order valence-electron chi connectivity index (χ0n) is 13.3. The fraction of sp³-hybridized carbons (Fsp3) is 0.429. The summed E-state index contributed by atoms with van der Waals surface area (Å²) in [4.78, 5) is 42.2. The van der Waals surface area contributed by atoms with Crippen LogP contribution >= 0.6 is 11.8 Å². The van der Waals surface area contributed by atoms with Gasteiger partial charge < -0.3 is 9.30 Å². The molecule has 0 amide bonds. The maximum atomic E-state index is 12.2. The van der Waals surface area contributed by atoms with Crippen LogP contribution in [0.15, 0.2) is 26.9 Å². The third-order valence-corrected chi connectivity index (χ3v) is 4.38. The summed E-state index contributed by atoms with van der Waals surface area (Å²) in [5, 5.41) is -0.0139. The number of carbonyl (C=O) groups is 1. The number of aromatic amines is 1. The lowest BCUT2D eigenvalue weighted by molar-refractivity contribution is -0.139. The van der Waals surface area contributed by atoms with Crippen molar-refractivity contribution in [2.45, 2.75) is 30.8 Å². The van der Waals surface area contributed by atoms with Crippen LogP contribution in [0.4, 0.5) is 0 Å². The molecule has 1 atom stereocenters. The molecule has 0 aliphatic rings. The number of carbonyl (C=O) groups excluding carboxylic acids is 1. The van der Waals surface area contributed by atoms with Crippen molar-refractivity contribution >= 4 is 28.9 Å². The number of methoxy groups -OCH3 is 1. The summed E-state index contributed by atoms with van der Waals surface area (Å²) in [5.41, 5.74) is -0.457. The van der Waals surface area contributed by atoms with E-state index < -0.39 is 16.5 Å². The first kappa shape index (κ1) is 17.1. The van der Waals surface area contributed by atoms with E-state index in [1.807, 2.05) is 19.1 Å². The molecule has 124 valence electrons. The molecular formula is C14H18N4O4S. The number of esters is 1. The van der Waals surface area contributed by atoms with Crippen LogP contribution in [0.1, 0.15) is 13.8 Å². The predicted octanol–water partition coefficient (Wildman–Crippen LogP) is 0.653. The van der Waals surface area contributed by atoms with Gasteiger partial charge in [-0.2, -0.15) is 0 Å². The second-order valence-electron chi connectivity index (χ2n) is 4.85. The van der Waals surface area contributed by atoms with Gasteiger partial charge in [0.05, 0.1) is 7.11 Å². The molecule has 0 radical (unpaired) electrons. The number of rotatable bonds is 5. The van der Waals surface area contributed by atoms with Gasteiger partial charge in [0.15, 0.2) is 16.3 Å². The second-order valence-corrected chi connectivity index (χ2v) is 6.16. The lowest BCUT2D eigenvalue weighted by Crippen LogP contribution is -2.29. The molecule has 0 aliphatic heterocycles. The molecule has 0 aliphatic carbocycles. The predicted molar refractivity (Wildman–Crippen MR) is 87.7 cm³/mol. The minimum Gasteiger partial charge on any atom is -0.468 e. The summed E-state index contributed by atoms with van der Waals surface area (Å²) < 4.78 is 7.66. The fourth-order valence-corrected chi connectivity index (χ4v) is 3.00. The number of nitrogens with zero attached hydrogens (tertiary/aromatic N) is 3. The smallest absolute Gasteiger partial charge is 0.329 e. The van der Waals surface area contributed by atoms with E-state index in [4.69, 9.17) is 4.74 Å². The van der Waals surface area contributed by atoms with Gasteiger partial charge in [-0.15, -0.1) is 0 Å². The molecule has 8 nitrogen and oxygen atoms in total. The highest BCUT2D eigenvalue weighted by Gasteiger charge is 2.22. The average molecular weight is 338 g/mol. The maximum absolute atomic E-state index is 12.2. The number of nitrogens with one attached hydrogen (secondary N) is 1. The van der Waals surface area contributed by atoms with Crippen molar-refractivity contribution in [2.75, 3.05) is 7.11 Å². The van der Waals surface area contributed by atoms with Gasteiger partial charge in [0, 0.05) is 13.6 Å². The van der Waals surface area contributed by atoms with Crippen LogP contribution in [0.5, 0.6) is 0 Å². The number of fused-ring (bicyclic) bond motifs is 1. The molecule has 1 N–H and O–H groups in total. The number of hydrogen-bond acceptors (Lipinski definition) is 6. The number of aryl methyl sites for hydroxylation is 1. The van der Waals surface area contributed by atoms with Crippen LogP contribution in [-0.2, 0) is 23.1 Å². The summed E-state index contributed by atoms with van der Waals surface area (Å²) in [5.74, 6) is -0.387. The van der Waals surface area contributed by atoms with E-state index in [2.05, 4.69) is 9.97 Å². The lowest BCUT2D eigenvalue weighted by Gasteiger charge is -2.09. The maximum Gasteiger partial charge on any atom is 0.329 e. The molecule has 9 heteroatoms. The summed E-state index contributed by atoms with van der Waals surface area (Å²) >= 11 is 1.18. The third-order valence-electron chi connectivity index (χ3n) is 3.31. The Hall–Kier alpha value is -2.29. The van der Waals surface area contributed by atoms with E-state index >= 15 is 0 Å². The quantitative estimate of drug-likeness (QED) is 0.488. The van der Waals surface area contributed by atoms with E-state index in [-0.39, 0.29) is 11.6 Å². The molecule has 0 saturated carbocycles. The monoisotopic (exact) mass is 338 g/mol. The molecule has 0 fully saturated rings. The Morgan fingerprint density at radius 1 is 1.48 bits per heavy atom. The van der Waals surface area contributed by atoms with Gasteiger partial charge in [0.1, 0.15) is 5.25 Å². The van der Waals surface area contributed by atoms with Crippen molar-refractivity contribution in [1.82, 2.24) is 19.1 Å². The van der Waals surface area contributed by atoms with E-state index in [0.717, 1.165) is 0 Å². The molecule has 0 saturated heterocycles. The summed E-state index contributed by atoms with van der Waals surface area (Å²) in [6, 6.07) is 0. The molecule has 0 bridgehead atoms. The first-order chi connectivity index (χ1) is 10.9. The molecule has 2 aromatic rings. The zero-order valence-corrected chi connectivity index (χ0v) is 14.1. The number of H-pyrrole nitrogens is 1. The number of thioether (sulfide) groups is 1. The molecule has 2 rings (SSSR count). The van der Waals surface area contributed by atoms with Crippen LogP contribution in [0.3, 0.4) is 0 Å². The van der Waals surface area contributed by atoms with Gasteiger partial charge in [-0.25, -0.2) is 9.78 Å². The highest BCUT2D eigenvalue weighted by molar-refractivity contribution is 8.00. The minimum atomic E-state index is -0.532. The van der Waals surface area contributed by atoms with Crippen LogP contribution in [-0.4, -0.2) is 37.4 Å². The first-order valence-electron chi connectivity index (χ1n) is 6.95. The largest absolute Gasteiger partial charge is 0.468 e. The van der Waals surface area contributed by atoms with Gasteiger partial charge in [-0.3, -0.25) is 19.1 Å². The Labute approximate surface area is 136 Å². The van der Waals surface area contributed by atoms with Crippen molar-refractivity contribution in [3.63, 3.8) is 0 Å². The van der Waals surface area contributed by atoms with Crippen LogP contribution in [0.25, 0.3) is 11.2 Å². The van der Waals surface area contributed by atoms with Gasteiger partial charge >= 0.3 is 11.7 Å². The topological polar surface area (TPSA) is 99.0 Å². The fourth-order valence-electron chi connectivity index (χ4n) is 2.06. The van der Waals surface area contributed by atoms with Crippen molar-refractivity contribution in [2.24, 2.45) is 7.05 Å². The molecule has 2 aromatic heterocycles. The SMILES string of the molecule is C/C=C/Cn1c(S[C@H](C)C(=O)OC)nc2c1c(=O)[nH]c(=O)n2C. The Morgan fingerprint density at radius 3 is 2.78 bits per heavy atom. The van der Waals surface area contributed by atoms with E-state index in [1.165, 1.54) is 30.5 Å². The Balaban J connectivity index is 2.65. The highest BCUT2D eigenvalue weighted by Crippen LogP contribution is 2.26. The lowest BCUT2D eigenvalue weighted by atomic mass is 10.4. The standard InChI is InChI=1S/C14H18N4O4S/c1-5-6-7-18-9-10(17(3)13(21)16-11(9)19)15-14(18)23-8(2)12(20)22-4/h5-6,8H,7H2,1-4H3,(H,16,19,21)/b6-5+/t8-/m1/s1. The van der Waals surface area contributed by atoms with Gasteiger partial charge in [-0.1, -0.05) is 23.9 Å². The van der Waals surface area contributed by atoms with Crippen LogP contribution in [0, 0.1) is 0 Å². The first-order valence-corrected chi connectivity index (χ1v) is 7.83. The zero-order chi connectivity index (χ0) is 17.1. The highest BCUT2D eigenvalue weighted by atomic mass is 32.2. The Bertz CT molecular complexity index is 877. The molecule has 23 heavy (non-hydrogen) atoms. The third kappa shape index (κ3) is 3.24. The minimum absolute atomic E-state index is 0.280. The van der Waals surface area contributed by atoms with Crippen molar-refractivity contribution in [3.05, 3.63) is 33.0 Å². The van der Waals surface area contributed by atoms with Gasteiger partial charge in [-0.05, 0) is 13.8 Å². The van der Waals surface area contributed by atoms with Crippen molar-refractivity contribution in [3.8, 4) is 0 Å². The molecular weight excluding hydrogens is 320 g/mol. The molecule has 2 heterocycles. The molecule has 0 aromatic carbocycles. The molecule has 0 spiro atoms. The summed E-state index contributed by atoms with van der Waals surface area (Å²) in [7, 11) is 2.85. The Morgan fingerprint density at radius 2 is 2.17 bits per heavy atom. The summed E-state index contributed by atoms with van der Waals surface area (Å²) in [6.07, 6.45) is 3.71. The van der Waals surface area contributed by atoms with E-state index in [1.54, 1.807) is 11.5 Å². The van der Waals surface area contributed by atoms with Crippen LogP contribution in [0.2, 0.25) is 0 Å². The van der Waals surface area contributed by atoms with E-state index in [0.29, 0.717) is 17.2 Å².